The second-order valence-electron chi connectivity index (χ2n) is 6.44. The number of aromatic nitrogens is 3. The second-order valence-corrected chi connectivity index (χ2v) is 6.44. The fourth-order valence-electron chi connectivity index (χ4n) is 2.90. The van der Waals surface area contributed by atoms with Gasteiger partial charge in [0.2, 0.25) is 0 Å². The van der Waals surface area contributed by atoms with Gasteiger partial charge < -0.3 is 5.32 Å². The van der Waals surface area contributed by atoms with Crippen molar-refractivity contribution >= 4 is 5.91 Å². The van der Waals surface area contributed by atoms with Gasteiger partial charge in [-0.2, -0.15) is 5.10 Å². The van der Waals surface area contributed by atoms with Crippen molar-refractivity contribution in [3.63, 3.8) is 0 Å². The molecule has 0 bridgehead atoms. The molecule has 122 valence electrons. The van der Waals surface area contributed by atoms with E-state index < -0.39 is 0 Å². The lowest BCUT2D eigenvalue weighted by molar-refractivity contribution is 0.0930. The van der Waals surface area contributed by atoms with Crippen LogP contribution in [0.3, 0.4) is 0 Å². The van der Waals surface area contributed by atoms with Gasteiger partial charge in [0.15, 0.2) is 0 Å². The molecule has 1 N–H and O–H groups in total. The van der Waals surface area contributed by atoms with Crippen molar-refractivity contribution in [1.29, 1.82) is 0 Å². The predicted molar refractivity (Wildman–Crippen MR) is 89.2 cm³/mol. The maximum Gasteiger partial charge on any atom is 0.255 e. The Hall–Kier alpha value is -2.17. The highest BCUT2D eigenvalue weighted by Gasteiger charge is 2.35. The SMILES string of the molecule is CCCn1cc(C(=O)NC(c2cc(C)ccn2)C2CC2)c(C)n1. The Bertz CT molecular complexity index is 703. The summed E-state index contributed by atoms with van der Waals surface area (Å²) in [4.78, 5) is 17.2. The molecule has 1 aliphatic rings. The molecule has 0 aliphatic heterocycles. The van der Waals surface area contributed by atoms with Crippen LogP contribution < -0.4 is 5.32 Å². The van der Waals surface area contributed by atoms with Gasteiger partial charge in [-0.1, -0.05) is 6.92 Å². The Morgan fingerprint density at radius 3 is 2.87 bits per heavy atom. The number of carbonyl (C=O) groups is 1. The van der Waals surface area contributed by atoms with Gasteiger partial charge in [0, 0.05) is 18.9 Å². The summed E-state index contributed by atoms with van der Waals surface area (Å²) in [5, 5.41) is 7.60. The van der Waals surface area contributed by atoms with Gasteiger partial charge in [0.25, 0.3) is 5.91 Å². The first-order chi connectivity index (χ1) is 11.1. The molecule has 0 radical (unpaired) electrons. The number of amides is 1. The van der Waals surface area contributed by atoms with E-state index in [1.54, 1.807) is 0 Å². The fourth-order valence-corrected chi connectivity index (χ4v) is 2.90. The molecule has 1 aliphatic carbocycles. The monoisotopic (exact) mass is 312 g/mol. The Morgan fingerprint density at radius 2 is 2.22 bits per heavy atom. The van der Waals surface area contributed by atoms with Crippen LogP contribution in [0.25, 0.3) is 0 Å². The lowest BCUT2D eigenvalue weighted by atomic mass is 10.1. The van der Waals surface area contributed by atoms with Gasteiger partial charge in [-0.05, 0) is 56.7 Å². The van der Waals surface area contributed by atoms with Gasteiger partial charge in [-0.3, -0.25) is 14.5 Å². The van der Waals surface area contributed by atoms with Gasteiger partial charge in [-0.25, -0.2) is 0 Å². The van der Waals surface area contributed by atoms with Crippen molar-refractivity contribution in [3.05, 3.63) is 47.0 Å². The molecule has 1 amide bonds. The number of pyridine rings is 1. The number of rotatable bonds is 6. The van der Waals surface area contributed by atoms with Crippen molar-refractivity contribution in [1.82, 2.24) is 20.1 Å². The van der Waals surface area contributed by atoms with Crippen molar-refractivity contribution < 1.29 is 4.79 Å². The molecule has 5 nitrogen and oxygen atoms in total. The van der Waals surface area contributed by atoms with Crippen LogP contribution in [-0.4, -0.2) is 20.7 Å². The summed E-state index contributed by atoms with van der Waals surface area (Å²) in [6, 6.07) is 4.04. The molecule has 0 saturated heterocycles. The van der Waals surface area contributed by atoms with Crippen LogP contribution in [-0.2, 0) is 6.54 Å². The largest absolute Gasteiger partial charge is 0.343 e. The molecule has 1 fully saturated rings. The first-order valence-electron chi connectivity index (χ1n) is 8.36. The summed E-state index contributed by atoms with van der Waals surface area (Å²) < 4.78 is 1.85. The minimum atomic E-state index is -0.0509. The lowest BCUT2D eigenvalue weighted by Gasteiger charge is -2.18. The number of hydrogen-bond acceptors (Lipinski definition) is 3. The van der Waals surface area contributed by atoms with Crippen LogP contribution >= 0.6 is 0 Å². The summed E-state index contributed by atoms with van der Waals surface area (Å²) in [7, 11) is 0. The molecule has 2 aromatic heterocycles. The van der Waals surface area contributed by atoms with Gasteiger partial charge in [-0.15, -0.1) is 0 Å². The van der Waals surface area contributed by atoms with E-state index in [4.69, 9.17) is 0 Å². The van der Waals surface area contributed by atoms with Crippen LogP contribution in [0.15, 0.2) is 24.5 Å². The van der Waals surface area contributed by atoms with E-state index in [1.807, 2.05) is 30.1 Å². The van der Waals surface area contributed by atoms with Crippen LogP contribution in [0.5, 0.6) is 0 Å². The number of carbonyl (C=O) groups excluding carboxylic acids is 1. The molecule has 0 aromatic carbocycles. The number of nitrogens with zero attached hydrogens (tertiary/aromatic N) is 3. The molecule has 1 atom stereocenters. The standard InChI is InChI=1S/C18H24N4O/c1-4-9-22-11-15(13(3)21-22)18(23)20-17(14-5-6-14)16-10-12(2)7-8-19-16/h7-8,10-11,14,17H,4-6,9H2,1-3H3,(H,20,23). The zero-order valence-electron chi connectivity index (χ0n) is 14.0. The molecule has 2 heterocycles. The Balaban J connectivity index is 1.79. The maximum atomic E-state index is 12.7. The minimum Gasteiger partial charge on any atom is -0.343 e. The van der Waals surface area contributed by atoms with Crippen LogP contribution in [0.2, 0.25) is 0 Å². The van der Waals surface area contributed by atoms with Crippen molar-refractivity contribution in [2.45, 2.75) is 52.6 Å². The zero-order valence-corrected chi connectivity index (χ0v) is 14.0. The van der Waals surface area contributed by atoms with Gasteiger partial charge in [0.05, 0.1) is 23.0 Å². The van der Waals surface area contributed by atoms with Gasteiger partial charge in [0.1, 0.15) is 0 Å². The third-order valence-electron chi connectivity index (χ3n) is 4.28. The van der Waals surface area contributed by atoms with Crippen molar-refractivity contribution in [2.75, 3.05) is 0 Å². The molecule has 5 heteroatoms. The van der Waals surface area contributed by atoms with Crippen LogP contribution in [0, 0.1) is 19.8 Å². The average Bonchev–Trinajstić information content (AvgIpc) is 3.28. The van der Waals surface area contributed by atoms with Crippen molar-refractivity contribution in [3.8, 4) is 0 Å². The highest BCUT2D eigenvalue weighted by molar-refractivity contribution is 5.95. The molecule has 1 saturated carbocycles. The van der Waals surface area contributed by atoms with E-state index in [9.17, 15) is 4.79 Å². The summed E-state index contributed by atoms with van der Waals surface area (Å²) in [6.07, 6.45) is 6.96. The molecule has 2 aromatic rings. The van der Waals surface area contributed by atoms with E-state index in [-0.39, 0.29) is 11.9 Å². The van der Waals surface area contributed by atoms with Crippen molar-refractivity contribution in [2.24, 2.45) is 5.92 Å². The lowest BCUT2D eigenvalue weighted by Crippen LogP contribution is -2.30. The third kappa shape index (κ3) is 3.60. The Labute approximate surface area is 137 Å². The van der Waals surface area contributed by atoms with E-state index in [0.29, 0.717) is 11.5 Å². The Kier molecular flexibility index (Phi) is 4.46. The Morgan fingerprint density at radius 1 is 1.43 bits per heavy atom. The molecule has 3 rings (SSSR count). The molecule has 1 unspecified atom stereocenters. The van der Waals surface area contributed by atoms with E-state index >= 15 is 0 Å². The summed E-state index contributed by atoms with van der Waals surface area (Å²) >= 11 is 0. The molecule has 0 spiro atoms. The molecule has 23 heavy (non-hydrogen) atoms. The second kappa shape index (κ2) is 6.52. The highest BCUT2D eigenvalue weighted by Crippen LogP contribution is 2.40. The first kappa shape index (κ1) is 15.7. The number of nitrogens with one attached hydrogen (secondary N) is 1. The first-order valence-corrected chi connectivity index (χ1v) is 8.36. The fraction of sp³-hybridized carbons (Fsp3) is 0.500. The zero-order chi connectivity index (χ0) is 16.4. The quantitative estimate of drug-likeness (QED) is 0.891. The summed E-state index contributed by atoms with van der Waals surface area (Å²) in [5.74, 6) is 0.448. The third-order valence-corrected chi connectivity index (χ3v) is 4.28. The van der Waals surface area contributed by atoms with Crippen LogP contribution in [0.4, 0.5) is 0 Å². The summed E-state index contributed by atoms with van der Waals surface area (Å²) in [6.45, 7) is 6.87. The molecular weight excluding hydrogens is 288 g/mol. The summed E-state index contributed by atoms with van der Waals surface area (Å²) in [5.41, 5.74) is 3.57. The van der Waals surface area contributed by atoms with E-state index in [0.717, 1.165) is 37.2 Å². The molecular formula is C18H24N4O. The highest BCUT2D eigenvalue weighted by atomic mass is 16.1. The van der Waals surface area contributed by atoms with Crippen LogP contribution in [0.1, 0.15) is 59.5 Å². The normalized spacial score (nSPS) is 15.4. The number of aryl methyl sites for hydroxylation is 3. The maximum absolute atomic E-state index is 12.7. The minimum absolute atomic E-state index is 0.00340. The smallest absolute Gasteiger partial charge is 0.255 e. The topological polar surface area (TPSA) is 59.8 Å². The van der Waals surface area contributed by atoms with Gasteiger partial charge >= 0.3 is 0 Å². The van der Waals surface area contributed by atoms with E-state index in [1.165, 1.54) is 5.56 Å². The number of hydrogen-bond donors (Lipinski definition) is 1. The average molecular weight is 312 g/mol. The van der Waals surface area contributed by atoms with E-state index in [2.05, 4.69) is 35.3 Å². The predicted octanol–water partition coefficient (Wildman–Crippen LogP) is 3.19.